The van der Waals surface area contributed by atoms with Crippen molar-refractivity contribution in [3.05, 3.63) is 17.5 Å². The van der Waals surface area contributed by atoms with Gasteiger partial charge < -0.3 is 15.2 Å². The van der Waals surface area contributed by atoms with Crippen LogP contribution in [0.5, 0.6) is 0 Å². The quantitative estimate of drug-likeness (QED) is 0.701. The summed E-state index contributed by atoms with van der Waals surface area (Å²) < 4.78 is 5.13. The van der Waals surface area contributed by atoms with E-state index in [4.69, 9.17) is 9.84 Å². The Morgan fingerprint density at radius 1 is 1.56 bits per heavy atom. The van der Waals surface area contributed by atoms with Crippen molar-refractivity contribution in [3.63, 3.8) is 0 Å². The minimum Gasteiger partial charge on any atom is -0.477 e. The number of hydrogen-bond acceptors (Lipinski definition) is 5. The highest BCUT2D eigenvalue weighted by molar-refractivity contribution is 5.85. The van der Waals surface area contributed by atoms with Crippen molar-refractivity contribution >= 4 is 11.9 Å². The highest BCUT2D eigenvalue weighted by Gasteiger charge is 2.07. The van der Waals surface area contributed by atoms with Gasteiger partial charge in [0.05, 0.1) is 6.61 Å². The Hall–Kier alpha value is -1.69. The minimum atomic E-state index is -1.06. The molecule has 0 aliphatic heterocycles. The first kappa shape index (κ1) is 12.4. The molecule has 1 aromatic heterocycles. The maximum Gasteiger partial charge on any atom is 0.354 e. The zero-order valence-electron chi connectivity index (χ0n) is 9.36. The van der Waals surface area contributed by atoms with Gasteiger partial charge in [-0.15, -0.1) is 0 Å². The molecule has 1 heterocycles. The van der Waals surface area contributed by atoms with Gasteiger partial charge in [0.25, 0.3) is 0 Å². The van der Waals surface area contributed by atoms with Crippen molar-refractivity contribution in [1.82, 2.24) is 9.97 Å². The van der Waals surface area contributed by atoms with Gasteiger partial charge in [0.2, 0.25) is 5.95 Å². The van der Waals surface area contributed by atoms with Gasteiger partial charge in [-0.25, -0.2) is 14.8 Å². The first-order valence-electron chi connectivity index (χ1n) is 5.04. The van der Waals surface area contributed by atoms with Crippen LogP contribution in [-0.2, 0) is 4.74 Å². The molecule has 0 fully saturated rings. The summed E-state index contributed by atoms with van der Waals surface area (Å²) in [6.45, 7) is 5.37. The van der Waals surface area contributed by atoms with E-state index in [9.17, 15) is 4.79 Å². The van der Waals surface area contributed by atoms with E-state index in [1.54, 1.807) is 6.92 Å². The lowest BCUT2D eigenvalue weighted by molar-refractivity contribution is 0.0690. The van der Waals surface area contributed by atoms with Crippen LogP contribution in [0.25, 0.3) is 0 Å². The van der Waals surface area contributed by atoms with Crippen molar-refractivity contribution in [2.75, 3.05) is 25.1 Å². The summed E-state index contributed by atoms with van der Waals surface area (Å²) in [5, 5.41) is 11.7. The molecule has 0 amide bonds. The number of anilines is 1. The molecule has 0 atom stereocenters. The van der Waals surface area contributed by atoms with Crippen LogP contribution in [0.3, 0.4) is 0 Å². The molecule has 2 N–H and O–H groups in total. The summed E-state index contributed by atoms with van der Waals surface area (Å²) >= 11 is 0. The molecule has 6 heteroatoms. The lowest BCUT2D eigenvalue weighted by Crippen LogP contribution is -2.13. The molecule has 0 aromatic carbocycles. The normalized spacial score (nSPS) is 10.1. The van der Waals surface area contributed by atoms with Crippen molar-refractivity contribution in [2.45, 2.75) is 13.8 Å². The molecule has 0 aliphatic carbocycles. The average Bonchev–Trinajstić information content (AvgIpc) is 2.23. The fourth-order valence-corrected chi connectivity index (χ4v) is 1.14. The summed E-state index contributed by atoms with van der Waals surface area (Å²) in [5.74, 6) is -0.740. The highest BCUT2D eigenvalue weighted by Crippen LogP contribution is 2.04. The standard InChI is InChI=1S/C10H15N3O3/c1-3-16-5-4-11-10-12-7(2)6-8(13-10)9(14)15/h6H,3-5H2,1-2H3,(H,14,15)(H,11,12,13). The molecule has 0 saturated carbocycles. The number of carboxylic acid groups (broad SMARTS) is 1. The number of aromatic nitrogens is 2. The number of ether oxygens (including phenoxy) is 1. The van der Waals surface area contributed by atoms with Crippen molar-refractivity contribution < 1.29 is 14.6 Å². The van der Waals surface area contributed by atoms with E-state index in [-0.39, 0.29) is 5.69 Å². The molecule has 1 rings (SSSR count). The van der Waals surface area contributed by atoms with Crippen LogP contribution in [0.15, 0.2) is 6.07 Å². The van der Waals surface area contributed by atoms with Crippen LogP contribution in [0.1, 0.15) is 23.1 Å². The monoisotopic (exact) mass is 225 g/mol. The van der Waals surface area contributed by atoms with E-state index in [1.165, 1.54) is 6.07 Å². The Kier molecular flexibility index (Phi) is 4.65. The van der Waals surface area contributed by atoms with E-state index in [0.29, 0.717) is 31.4 Å². The Morgan fingerprint density at radius 2 is 2.31 bits per heavy atom. The summed E-state index contributed by atoms with van der Waals surface area (Å²) in [7, 11) is 0. The zero-order chi connectivity index (χ0) is 12.0. The topological polar surface area (TPSA) is 84.3 Å². The SMILES string of the molecule is CCOCCNc1nc(C)cc(C(=O)O)n1. The predicted octanol–water partition coefficient (Wildman–Crippen LogP) is 0.932. The second kappa shape index (κ2) is 6.02. The van der Waals surface area contributed by atoms with Crippen LogP contribution in [0, 0.1) is 6.92 Å². The number of hydrogen-bond donors (Lipinski definition) is 2. The molecule has 0 spiro atoms. The van der Waals surface area contributed by atoms with Crippen LogP contribution in [0.2, 0.25) is 0 Å². The number of nitrogens with one attached hydrogen (secondary N) is 1. The van der Waals surface area contributed by atoms with Gasteiger partial charge in [-0.05, 0) is 19.9 Å². The lowest BCUT2D eigenvalue weighted by atomic mass is 10.3. The van der Waals surface area contributed by atoms with Gasteiger partial charge in [-0.2, -0.15) is 0 Å². The fourth-order valence-electron chi connectivity index (χ4n) is 1.14. The van der Waals surface area contributed by atoms with Gasteiger partial charge in [0.1, 0.15) is 0 Å². The van der Waals surface area contributed by atoms with Crippen LogP contribution < -0.4 is 5.32 Å². The van der Waals surface area contributed by atoms with Gasteiger partial charge >= 0.3 is 5.97 Å². The number of nitrogens with zero attached hydrogens (tertiary/aromatic N) is 2. The Bertz CT molecular complexity index is 368. The minimum absolute atomic E-state index is 0.00795. The van der Waals surface area contributed by atoms with Crippen molar-refractivity contribution in [1.29, 1.82) is 0 Å². The van der Waals surface area contributed by atoms with E-state index >= 15 is 0 Å². The third-order valence-corrected chi connectivity index (χ3v) is 1.81. The summed E-state index contributed by atoms with van der Waals surface area (Å²) in [6, 6.07) is 1.43. The third kappa shape index (κ3) is 3.82. The maximum absolute atomic E-state index is 10.7. The summed E-state index contributed by atoms with van der Waals surface area (Å²) in [6.07, 6.45) is 0. The first-order chi connectivity index (χ1) is 7.63. The second-order valence-corrected chi connectivity index (χ2v) is 3.15. The largest absolute Gasteiger partial charge is 0.477 e. The van der Waals surface area contributed by atoms with Gasteiger partial charge in [-0.3, -0.25) is 0 Å². The predicted molar refractivity (Wildman–Crippen MR) is 58.7 cm³/mol. The Labute approximate surface area is 93.7 Å². The molecular weight excluding hydrogens is 210 g/mol. The highest BCUT2D eigenvalue weighted by atomic mass is 16.5. The maximum atomic E-state index is 10.7. The van der Waals surface area contributed by atoms with E-state index in [0.717, 1.165) is 0 Å². The molecule has 0 saturated heterocycles. The van der Waals surface area contributed by atoms with Crippen molar-refractivity contribution in [3.8, 4) is 0 Å². The molecule has 0 unspecified atom stereocenters. The summed E-state index contributed by atoms with van der Waals surface area (Å²) in [5.41, 5.74) is 0.609. The molecular formula is C10H15N3O3. The van der Waals surface area contributed by atoms with Gasteiger partial charge in [-0.1, -0.05) is 0 Å². The molecule has 0 aliphatic rings. The number of aryl methyl sites for hydroxylation is 1. The Morgan fingerprint density at radius 3 is 2.94 bits per heavy atom. The third-order valence-electron chi connectivity index (χ3n) is 1.81. The number of carbonyl (C=O) groups is 1. The number of carboxylic acids is 1. The second-order valence-electron chi connectivity index (χ2n) is 3.15. The van der Waals surface area contributed by atoms with Crippen LogP contribution in [-0.4, -0.2) is 40.8 Å². The average molecular weight is 225 g/mol. The molecule has 0 radical (unpaired) electrons. The van der Waals surface area contributed by atoms with Gasteiger partial charge in [0.15, 0.2) is 5.69 Å². The zero-order valence-corrected chi connectivity index (χ0v) is 9.36. The van der Waals surface area contributed by atoms with Crippen LogP contribution >= 0.6 is 0 Å². The lowest BCUT2D eigenvalue weighted by Gasteiger charge is -2.06. The first-order valence-corrected chi connectivity index (χ1v) is 5.04. The molecule has 16 heavy (non-hydrogen) atoms. The van der Waals surface area contributed by atoms with Crippen molar-refractivity contribution in [2.24, 2.45) is 0 Å². The summed E-state index contributed by atoms with van der Waals surface area (Å²) in [4.78, 5) is 18.7. The smallest absolute Gasteiger partial charge is 0.354 e. The molecule has 0 bridgehead atoms. The molecule has 88 valence electrons. The van der Waals surface area contributed by atoms with E-state index < -0.39 is 5.97 Å². The molecule has 1 aromatic rings. The van der Waals surface area contributed by atoms with Crippen LogP contribution in [0.4, 0.5) is 5.95 Å². The van der Waals surface area contributed by atoms with E-state index in [1.807, 2.05) is 6.92 Å². The number of rotatable bonds is 6. The van der Waals surface area contributed by atoms with Gasteiger partial charge in [0, 0.05) is 18.8 Å². The fraction of sp³-hybridized carbons (Fsp3) is 0.500. The number of aromatic carboxylic acids is 1. The van der Waals surface area contributed by atoms with E-state index in [2.05, 4.69) is 15.3 Å². The molecule has 6 nitrogen and oxygen atoms in total. The Balaban J connectivity index is 2.62.